The number of nitrogens with two attached hydrogens (primary N) is 1. The molecule has 1 aromatic heterocycles. The van der Waals surface area contributed by atoms with Crippen molar-refractivity contribution < 1.29 is 9.59 Å². The number of rotatable bonds is 7. The van der Waals surface area contributed by atoms with Crippen molar-refractivity contribution in [2.75, 3.05) is 11.1 Å². The molecule has 0 aliphatic rings. The van der Waals surface area contributed by atoms with E-state index in [9.17, 15) is 14.4 Å². The van der Waals surface area contributed by atoms with Crippen LogP contribution in [0.15, 0.2) is 58.5 Å². The number of carbonyl (C=O) groups excluding carboxylic acids is 2. The first-order valence-corrected chi connectivity index (χ1v) is 9.80. The summed E-state index contributed by atoms with van der Waals surface area (Å²) in [5, 5.41) is 3.84. The van der Waals surface area contributed by atoms with Crippen LogP contribution >= 0.6 is 11.8 Å². The number of nitrogens with one attached hydrogen (secondary N) is 1. The zero-order valence-electron chi connectivity index (χ0n) is 15.3. The third-order valence-electron chi connectivity index (χ3n) is 4.06. The summed E-state index contributed by atoms with van der Waals surface area (Å²) < 4.78 is 1.61. The number of nitrogens with zero attached hydrogens (tertiary/aromatic N) is 2. The van der Waals surface area contributed by atoms with Crippen LogP contribution in [0.4, 0.5) is 5.69 Å². The average molecular weight is 396 g/mol. The van der Waals surface area contributed by atoms with Crippen LogP contribution in [0.3, 0.4) is 0 Å². The van der Waals surface area contributed by atoms with Gasteiger partial charge in [0.1, 0.15) is 0 Å². The van der Waals surface area contributed by atoms with Gasteiger partial charge in [0.15, 0.2) is 5.16 Å². The highest BCUT2D eigenvalue weighted by Crippen LogP contribution is 2.19. The van der Waals surface area contributed by atoms with Crippen molar-refractivity contribution in [3.05, 3.63) is 64.4 Å². The minimum absolute atomic E-state index is 0.0996. The topological polar surface area (TPSA) is 107 Å². The SMILES string of the molecule is CCCn1c(SCC(=O)Nc2ccc(C(N)=O)cc2)nc2ccccc2c1=O. The Labute approximate surface area is 166 Å². The Morgan fingerprint density at radius 2 is 1.86 bits per heavy atom. The molecule has 3 N–H and O–H groups in total. The molecule has 7 nitrogen and oxygen atoms in total. The second kappa shape index (κ2) is 8.71. The smallest absolute Gasteiger partial charge is 0.262 e. The van der Waals surface area contributed by atoms with Crippen molar-refractivity contribution in [3.8, 4) is 0 Å². The first-order chi connectivity index (χ1) is 13.5. The van der Waals surface area contributed by atoms with E-state index in [4.69, 9.17) is 5.73 Å². The van der Waals surface area contributed by atoms with Gasteiger partial charge in [-0.15, -0.1) is 0 Å². The summed E-state index contributed by atoms with van der Waals surface area (Å²) in [6, 6.07) is 13.5. The molecule has 3 rings (SSSR count). The Morgan fingerprint density at radius 3 is 2.54 bits per heavy atom. The molecule has 0 bridgehead atoms. The van der Waals surface area contributed by atoms with E-state index in [-0.39, 0.29) is 17.2 Å². The fraction of sp³-hybridized carbons (Fsp3) is 0.200. The third-order valence-corrected chi connectivity index (χ3v) is 5.04. The molecule has 0 atom stereocenters. The summed E-state index contributed by atoms with van der Waals surface area (Å²) in [4.78, 5) is 40.7. The molecule has 0 unspecified atom stereocenters. The van der Waals surface area contributed by atoms with Crippen molar-refractivity contribution in [3.63, 3.8) is 0 Å². The van der Waals surface area contributed by atoms with Gasteiger partial charge in [0.25, 0.3) is 5.56 Å². The van der Waals surface area contributed by atoms with Gasteiger partial charge in [-0.05, 0) is 42.8 Å². The second-order valence-electron chi connectivity index (χ2n) is 6.15. The van der Waals surface area contributed by atoms with Gasteiger partial charge in [-0.3, -0.25) is 19.0 Å². The van der Waals surface area contributed by atoms with Gasteiger partial charge in [-0.1, -0.05) is 30.8 Å². The van der Waals surface area contributed by atoms with Crippen LogP contribution in [0.2, 0.25) is 0 Å². The van der Waals surface area contributed by atoms with Gasteiger partial charge in [0.2, 0.25) is 11.8 Å². The van der Waals surface area contributed by atoms with Crippen LogP contribution < -0.4 is 16.6 Å². The molecule has 8 heteroatoms. The van der Waals surface area contributed by atoms with Crippen molar-refractivity contribution >= 4 is 40.2 Å². The largest absolute Gasteiger partial charge is 0.366 e. The number of benzene rings is 2. The molecule has 28 heavy (non-hydrogen) atoms. The number of hydrogen-bond donors (Lipinski definition) is 2. The maximum Gasteiger partial charge on any atom is 0.262 e. The van der Waals surface area contributed by atoms with E-state index in [1.807, 2.05) is 19.1 Å². The van der Waals surface area contributed by atoms with E-state index in [0.29, 0.717) is 33.9 Å². The number of aromatic nitrogens is 2. The Bertz CT molecular complexity index is 1080. The van der Waals surface area contributed by atoms with Crippen LogP contribution in [0.5, 0.6) is 0 Å². The summed E-state index contributed by atoms with van der Waals surface area (Å²) in [7, 11) is 0. The molecular formula is C20H20N4O3S. The lowest BCUT2D eigenvalue weighted by Gasteiger charge is -2.12. The molecule has 0 aliphatic carbocycles. The zero-order valence-corrected chi connectivity index (χ0v) is 16.2. The lowest BCUT2D eigenvalue weighted by molar-refractivity contribution is -0.113. The average Bonchev–Trinajstić information content (AvgIpc) is 2.69. The quantitative estimate of drug-likeness (QED) is 0.472. The highest BCUT2D eigenvalue weighted by molar-refractivity contribution is 7.99. The van der Waals surface area contributed by atoms with Gasteiger partial charge < -0.3 is 11.1 Å². The number of hydrogen-bond acceptors (Lipinski definition) is 5. The van der Waals surface area contributed by atoms with E-state index in [0.717, 1.165) is 6.42 Å². The summed E-state index contributed by atoms with van der Waals surface area (Å²) in [6.45, 7) is 2.52. The van der Waals surface area contributed by atoms with Crippen molar-refractivity contribution in [1.29, 1.82) is 0 Å². The van der Waals surface area contributed by atoms with E-state index < -0.39 is 5.91 Å². The second-order valence-corrected chi connectivity index (χ2v) is 7.09. The number of primary amides is 1. The number of amides is 2. The monoisotopic (exact) mass is 396 g/mol. The number of para-hydroxylation sites is 1. The van der Waals surface area contributed by atoms with E-state index in [1.54, 1.807) is 41.0 Å². The molecule has 0 radical (unpaired) electrons. The Morgan fingerprint density at radius 1 is 1.14 bits per heavy atom. The van der Waals surface area contributed by atoms with E-state index >= 15 is 0 Å². The maximum atomic E-state index is 12.7. The standard InChI is InChI=1S/C20H20N4O3S/c1-2-11-24-19(27)15-5-3-4-6-16(15)23-20(24)28-12-17(25)22-14-9-7-13(8-10-14)18(21)26/h3-10H,2,11-12H2,1H3,(H2,21,26)(H,22,25). The normalized spacial score (nSPS) is 10.8. The molecule has 1 heterocycles. The molecule has 2 amide bonds. The first kappa shape index (κ1) is 19.6. The maximum absolute atomic E-state index is 12.7. The minimum atomic E-state index is -0.523. The summed E-state index contributed by atoms with van der Waals surface area (Å²) >= 11 is 1.22. The highest BCUT2D eigenvalue weighted by Gasteiger charge is 2.13. The van der Waals surface area contributed by atoms with Crippen LogP contribution in [0.25, 0.3) is 10.9 Å². The van der Waals surface area contributed by atoms with Crippen LogP contribution in [-0.2, 0) is 11.3 Å². The van der Waals surface area contributed by atoms with Gasteiger partial charge in [-0.2, -0.15) is 0 Å². The molecule has 0 saturated carbocycles. The lowest BCUT2D eigenvalue weighted by Crippen LogP contribution is -2.24. The Hall–Kier alpha value is -3.13. The minimum Gasteiger partial charge on any atom is -0.366 e. The van der Waals surface area contributed by atoms with E-state index in [1.165, 1.54) is 11.8 Å². The molecule has 144 valence electrons. The zero-order chi connectivity index (χ0) is 20.1. The van der Waals surface area contributed by atoms with Crippen LogP contribution in [0, 0.1) is 0 Å². The fourth-order valence-corrected chi connectivity index (χ4v) is 3.55. The fourth-order valence-electron chi connectivity index (χ4n) is 2.72. The predicted molar refractivity (Wildman–Crippen MR) is 111 cm³/mol. The Kier molecular flexibility index (Phi) is 6.10. The number of fused-ring (bicyclic) bond motifs is 1. The third kappa shape index (κ3) is 4.40. The molecule has 0 fully saturated rings. The van der Waals surface area contributed by atoms with Crippen molar-refractivity contribution in [2.45, 2.75) is 25.0 Å². The van der Waals surface area contributed by atoms with Crippen LogP contribution in [-0.4, -0.2) is 27.1 Å². The molecule has 2 aromatic carbocycles. The number of thioether (sulfide) groups is 1. The first-order valence-electron chi connectivity index (χ1n) is 8.81. The lowest BCUT2D eigenvalue weighted by atomic mass is 10.2. The van der Waals surface area contributed by atoms with E-state index in [2.05, 4.69) is 10.3 Å². The van der Waals surface area contributed by atoms with Crippen LogP contribution in [0.1, 0.15) is 23.7 Å². The molecule has 0 saturated heterocycles. The highest BCUT2D eigenvalue weighted by atomic mass is 32.2. The van der Waals surface area contributed by atoms with Gasteiger partial charge >= 0.3 is 0 Å². The van der Waals surface area contributed by atoms with Gasteiger partial charge in [0, 0.05) is 17.8 Å². The molecule has 0 spiro atoms. The van der Waals surface area contributed by atoms with Gasteiger partial charge in [-0.25, -0.2) is 4.98 Å². The number of anilines is 1. The number of carbonyl (C=O) groups is 2. The molecular weight excluding hydrogens is 376 g/mol. The molecule has 0 aliphatic heterocycles. The summed E-state index contributed by atoms with van der Waals surface area (Å²) in [5.74, 6) is -0.654. The predicted octanol–water partition coefficient (Wildman–Crippen LogP) is 2.64. The molecule has 3 aromatic rings. The summed E-state index contributed by atoms with van der Waals surface area (Å²) in [5.41, 5.74) is 6.65. The van der Waals surface area contributed by atoms with Gasteiger partial charge in [0.05, 0.1) is 16.7 Å². The summed E-state index contributed by atoms with van der Waals surface area (Å²) in [6.07, 6.45) is 0.784. The Balaban J connectivity index is 1.75. The van der Waals surface area contributed by atoms with Crippen molar-refractivity contribution in [1.82, 2.24) is 9.55 Å². The van der Waals surface area contributed by atoms with Crippen molar-refractivity contribution in [2.24, 2.45) is 5.73 Å².